The Bertz CT molecular complexity index is 978. The number of sulfonamides is 1. The second kappa shape index (κ2) is 7.28. The highest BCUT2D eigenvalue weighted by Gasteiger charge is 2.24. The van der Waals surface area contributed by atoms with Crippen LogP contribution < -0.4 is 10.0 Å². The number of nitrogens with two attached hydrogens (primary N) is 1. The predicted octanol–water partition coefficient (Wildman–Crippen LogP) is 1.12. The molecule has 3 rings (SSSR count). The van der Waals surface area contributed by atoms with Gasteiger partial charge in [-0.25, -0.2) is 22.0 Å². The third kappa shape index (κ3) is 4.44. The fraction of sp³-hybridized carbons (Fsp3) is 0.375. The fourth-order valence-electron chi connectivity index (χ4n) is 3.00. The van der Waals surface area contributed by atoms with Crippen LogP contribution in [0.15, 0.2) is 45.5 Å². The zero-order chi connectivity index (χ0) is 18.9. The summed E-state index contributed by atoms with van der Waals surface area (Å²) in [6, 6.07) is 8.17. The van der Waals surface area contributed by atoms with Crippen molar-refractivity contribution in [3.63, 3.8) is 0 Å². The molecule has 0 aliphatic carbocycles. The monoisotopic (exact) mass is 415 g/mol. The van der Waals surface area contributed by atoms with E-state index < -0.39 is 19.9 Å². The van der Waals surface area contributed by atoms with Crippen molar-refractivity contribution < 1.29 is 16.8 Å². The van der Waals surface area contributed by atoms with Crippen LogP contribution in [-0.2, 0) is 26.4 Å². The Morgan fingerprint density at radius 3 is 2.31 bits per heavy atom. The van der Waals surface area contributed by atoms with Crippen molar-refractivity contribution >= 4 is 36.9 Å². The summed E-state index contributed by atoms with van der Waals surface area (Å²) in [6.45, 7) is 3.83. The quantitative estimate of drug-likeness (QED) is 0.785. The van der Waals surface area contributed by atoms with Gasteiger partial charge in [-0.05, 0) is 29.6 Å². The first kappa shape index (κ1) is 19.3. The van der Waals surface area contributed by atoms with Crippen molar-refractivity contribution in [3.05, 3.63) is 40.6 Å². The minimum Gasteiger partial charge on any atom is -0.368 e. The van der Waals surface area contributed by atoms with Gasteiger partial charge in [-0.15, -0.1) is 11.3 Å². The first-order valence-corrected chi connectivity index (χ1v) is 12.3. The molecule has 0 spiro atoms. The smallest absolute Gasteiger partial charge is 0.238 e. The molecule has 10 heteroatoms. The zero-order valence-corrected chi connectivity index (χ0v) is 16.8. The summed E-state index contributed by atoms with van der Waals surface area (Å²) in [7, 11) is -7.55. The molecule has 0 saturated carbocycles. The number of hydrogen-bond donors (Lipinski definition) is 1. The van der Waals surface area contributed by atoms with Gasteiger partial charge in [-0.1, -0.05) is 6.07 Å². The number of piperazine rings is 1. The Balaban J connectivity index is 1.81. The molecule has 1 aromatic carbocycles. The molecular weight excluding hydrogens is 394 g/mol. The molecule has 0 radical (unpaired) electrons. The number of anilines is 1. The Kier molecular flexibility index (Phi) is 5.40. The van der Waals surface area contributed by atoms with Crippen LogP contribution in [-0.4, -0.2) is 54.2 Å². The summed E-state index contributed by atoms with van der Waals surface area (Å²) in [4.78, 5) is 5.40. The molecule has 1 fully saturated rings. The normalized spacial score (nSPS) is 16.8. The molecule has 142 valence electrons. The number of nitrogens with zero attached hydrogens (tertiary/aromatic N) is 2. The van der Waals surface area contributed by atoms with Gasteiger partial charge in [0.1, 0.15) is 0 Å². The maximum atomic E-state index is 12.2. The lowest BCUT2D eigenvalue weighted by molar-refractivity contribution is 0.251. The molecule has 0 bridgehead atoms. The first-order valence-electron chi connectivity index (χ1n) is 8.01. The van der Waals surface area contributed by atoms with Crippen LogP contribution in [0.1, 0.15) is 4.88 Å². The van der Waals surface area contributed by atoms with E-state index in [1.165, 1.54) is 17.0 Å². The molecule has 0 unspecified atom stereocenters. The topological polar surface area (TPSA) is 101 Å². The Labute approximate surface area is 158 Å². The molecule has 0 atom stereocenters. The first-order chi connectivity index (χ1) is 12.1. The summed E-state index contributed by atoms with van der Waals surface area (Å²) in [6.07, 6.45) is 1.08. The van der Waals surface area contributed by atoms with Crippen LogP contribution >= 0.6 is 11.3 Å². The second-order valence-corrected chi connectivity index (χ2v) is 10.9. The molecule has 7 nitrogen and oxygen atoms in total. The van der Waals surface area contributed by atoms with E-state index >= 15 is 0 Å². The van der Waals surface area contributed by atoms with Crippen molar-refractivity contribution in [2.24, 2.45) is 5.14 Å². The molecule has 2 heterocycles. The number of sulfone groups is 1. The van der Waals surface area contributed by atoms with Crippen molar-refractivity contribution in [1.29, 1.82) is 0 Å². The third-order valence-electron chi connectivity index (χ3n) is 4.33. The lowest BCUT2D eigenvalue weighted by atomic mass is 10.2. The minimum atomic E-state index is -3.96. The molecule has 1 aliphatic heterocycles. The van der Waals surface area contributed by atoms with Crippen molar-refractivity contribution in [2.75, 3.05) is 37.3 Å². The molecular formula is C16H21N3O4S3. The number of primary sulfonamides is 1. The van der Waals surface area contributed by atoms with Crippen LogP contribution in [0.25, 0.3) is 0 Å². The van der Waals surface area contributed by atoms with E-state index in [1.54, 1.807) is 11.3 Å². The molecule has 2 aromatic rings. The van der Waals surface area contributed by atoms with Gasteiger partial charge in [-0.3, -0.25) is 4.90 Å². The van der Waals surface area contributed by atoms with E-state index in [1.807, 2.05) is 11.0 Å². The minimum absolute atomic E-state index is 0.00395. The van der Waals surface area contributed by atoms with Gasteiger partial charge in [-0.2, -0.15) is 0 Å². The van der Waals surface area contributed by atoms with E-state index in [0.717, 1.165) is 32.0 Å². The largest absolute Gasteiger partial charge is 0.368 e. The predicted molar refractivity (Wildman–Crippen MR) is 103 cm³/mol. The highest BCUT2D eigenvalue weighted by Crippen LogP contribution is 2.29. The Morgan fingerprint density at radius 2 is 1.77 bits per heavy atom. The highest BCUT2D eigenvalue weighted by molar-refractivity contribution is 7.91. The summed E-state index contributed by atoms with van der Waals surface area (Å²) >= 11 is 1.72. The van der Waals surface area contributed by atoms with E-state index in [0.29, 0.717) is 18.8 Å². The molecule has 0 amide bonds. The van der Waals surface area contributed by atoms with Crippen molar-refractivity contribution in [2.45, 2.75) is 16.3 Å². The second-order valence-electron chi connectivity index (χ2n) is 6.29. The maximum Gasteiger partial charge on any atom is 0.238 e. The van der Waals surface area contributed by atoms with Crippen molar-refractivity contribution in [1.82, 2.24) is 4.90 Å². The summed E-state index contributed by atoms with van der Waals surface area (Å²) < 4.78 is 47.5. The Hall–Kier alpha value is -1.46. The van der Waals surface area contributed by atoms with Gasteiger partial charge >= 0.3 is 0 Å². The maximum absolute atomic E-state index is 12.2. The summed E-state index contributed by atoms with van der Waals surface area (Å²) in [5.74, 6) is 0. The number of rotatable bonds is 5. The van der Waals surface area contributed by atoms with E-state index in [9.17, 15) is 16.8 Å². The third-order valence-corrected chi connectivity index (χ3v) is 7.23. The summed E-state index contributed by atoms with van der Waals surface area (Å²) in [5, 5.41) is 7.19. The van der Waals surface area contributed by atoms with Crippen molar-refractivity contribution in [3.8, 4) is 0 Å². The fourth-order valence-corrected chi connectivity index (χ4v) is 5.28. The van der Waals surface area contributed by atoms with Gasteiger partial charge in [0.15, 0.2) is 9.84 Å². The average molecular weight is 416 g/mol. The zero-order valence-electron chi connectivity index (χ0n) is 14.3. The molecule has 1 saturated heterocycles. The van der Waals surface area contributed by atoms with Gasteiger partial charge in [0.2, 0.25) is 10.0 Å². The average Bonchev–Trinajstić information content (AvgIpc) is 3.06. The van der Waals surface area contributed by atoms with Gasteiger partial charge < -0.3 is 4.90 Å². The molecule has 1 aliphatic rings. The summed E-state index contributed by atoms with van der Waals surface area (Å²) in [5.41, 5.74) is 0.524. The van der Waals surface area contributed by atoms with Crippen LogP contribution in [0.5, 0.6) is 0 Å². The number of hydrogen-bond acceptors (Lipinski definition) is 7. The molecule has 26 heavy (non-hydrogen) atoms. The SMILES string of the molecule is CS(=O)(=O)c1cc(S(N)(=O)=O)ccc1N1CCN(Cc2cccs2)CC1. The Morgan fingerprint density at radius 1 is 1.08 bits per heavy atom. The van der Waals surface area contributed by atoms with Crippen LogP contribution in [0.2, 0.25) is 0 Å². The van der Waals surface area contributed by atoms with Crippen LogP contribution in [0.4, 0.5) is 5.69 Å². The van der Waals surface area contributed by atoms with Crippen LogP contribution in [0, 0.1) is 0 Å². The van der Waals surface area contributed by atoms with Gasteiger partial charge in [0.05, 0.1) is 15.5 Å². The number of benzene rings is 1. The number of thiophene rings is 1. The van der Waals surface area contributed by atoms with E-state index in [2.05, 4.69) is 16.3 Å². The van der Waals surface area contributed by atoms with E-state index in [-0.39, 0.29) is 9.79 Å². The standard InChI is InChI=1S/C16H21N3O4S3/c1-25(20,21)16-11-14(26(17,22)23)4-5-15(16)19-8-6-18(7-9-19)12-13-3-2-10-24-13/h2-5,10-11H,6-9,12H2,1H3,(H2,17,22,23). The van der Waals surface area contributed by atoms with Crippen LogP contribution in [0.3, 0.4) is 0 Å². The van der Waals surface area contributed by atoms with Gasteiger partial charge in [0.25, 0.3) is 0 Å². The highest BCUT2D eigenvalue weighted by atomic mass is 32.2. The lowest BCUT2D eigenvalue weighted by Gasteiger charge is -2.36. The van der Waals surface area contributed by atoms with Gasteiger partial charge in [0, 0.05) is 43.9 Å². The molecule has 1 aromatic heterocycles. The molecule has 2 N–H and O–H groups in total. The lowest BCUT2D eigenvalue weighted by Crippen LogP contribution is -2.46. The van der Waals surface area contributed by atoms with E-state index in [4.69, 9.17) is 5.14 Å².